The molecule has 0 aliphatic heterocycles. The van der Waals surface area contributed by atoms with E-state index in [0.29, 0.717) is 12.2 Å². The average molecular weight is 268 g/mol. The summed E-state index contributed by atoms with van der Waals surface area (Å²) in [6, 6.07) is 6.00. The summed E-state index contributed by atoms with van der Waals surface area (Å²) in [6.45, 7) is 2.15. The Labute approximate surface area is 113 Å². The molecule has 0 aliphatic rings. The van der Waals surface area contributed by atoms with Crippen LogP contribution in [-0.2, 0) is 0 Å². The summed E-state index contributed by atoms with van der Waals surface area (Å²) in [6.07, 6.45) is 3.79. The number of halogens is 1. The van der Waals surface area contributed by atoms with Gasteiger partial charge in [-0.05, 0) is 30.7 Å². The molecule has 0 fully saturated rings. The summed E-state index contributed by atoms with van der Waals surface area (Å²) in [7, 11) is 0. The molecule has 1 unspecified atom stereocenters. The number of carbonyl (C=O) groups is 1. The normalized spacial score (nSPS) is 12.1. The largest absolute Gasteiger partial charge is 0.491 e. The molecule has 1 rings (SSSR count). The monoisotopic (exact) mass is 268 g/mol. The summed E-state index contributed by atoms with van der Waals surface area (Å²) in [5.41, 5.74) is 0.198. The Morgan fingerprint density at radius 1 is 1.26 bits per heavy atom. The minimum atomic E-state index is -0.981. The summed E-state index contributed by atoms with van der Waals surface area (Å²) < 4.78 is 18.8. The van der Waals surface area contributed by atoms with Crippen molar-refractivity contribution in [2.24, 2.45) is 0 Å². The third-order valence-corrected chi connectivity index (χ3v) is 2.90. The molecule has 0 spiro atoms. The van der Waals surface area contributed by atoms with Gasteiger partial charge in [0.15, 0.2) is 0 Å². The van der Waals surface area contributed by atoms with E-state index in [4.69, 9.17) is 9.84 Å². The van der Waals surface area contributed by atoms with Crippen LogP contribution >= 0.6 is 0 Å². The van der Waals surface area contributed by atoms with Crippen LogP contribution in [0.25, 0.3) is 0 Å². The highest BCUT2D eigenvalue weighted by molar-refractivity contribution is 5.87. The summed E-state index contributed by atoms with van der Waals surface area (Å²) in [5, 5.41) is 8.73. The van der Waals surface area contributed by atoms with Gasteiger partial charge < -0.3 is 9.84 Å². The predicted octanol–water partition coefficient (Wildman–Crippen LogP) is 4.07. The SMILES string of the molecule is CCCCCCC(F)COc1ccc(C(=O)O)cc1. The molecule has 0 saturated carbocycles. The van der Waals surface area contributed by atoms with Crippen LogP contribution < -0.4 is 4.74 Å². The molecule has 4 heteroatoms. The van der Waals surface area contributed by atoms with E-state index in [0.717, 1.165) is 25.7 Å². The van der Waals surface area contributed by atoms with Crippen molar-refractivity contribution in [3.8, 4) is 5.75 Å². The first-order chi connectivity index (χ1) is 9.13. The van der Waals surface area contributed by atoms with Crippen LogP contribution in [-0.4, -0.2) is 23.9 Å². The molecule has 106 valence electrons. The molecule has 0 aromatic heterocycles. The molecule has 1 atom stereocenters. The van der Waals surface area contributed by atoms with Crippen LogP contribution in [0.2, 0.25) is 0 Å². The van der Waals surface area contributed by atoms with Crippen LogP contribution in [0.5, 0.6) is 5.75 Å². The Bertz CT molecular complexity index is 375. The Morgan fingerprint density at radius 2 is 1.95 bits per heavy atom. The zero-order valence-corrected chi connectivity index (χ0v) is 11.3. The molecule has 0 aliphatic carbocycles. The first-order valence-electron chi connectivity index (χ1n) is 6.73. The van der Waals surface area contributed by atoms with E-state index in [1.54, 1.807) is 12.1 Å². The molecule has 0 radical (unpaired) electrons. The van der Waals surface area contributed by atoms with Gasteiger partial charge in [0.1, 0.15) is 18.5 Å². The van der Waals surface area contributed by atoms with Gasteiger partial charge in [0.2, 0.25) is 0 Å². The standard InChI is InChI=1S/C15H21FO3/c1-2-3-4-5-6-13(16)11-19-14-9-7-12(8-10-14)15(17)18/h7-10,13H,2-6,11H2,1H3,(H,17,18). The number of aromatic carboxylic acids is 1. The predicted molar refractivity (Wildman–Crippen MR) is 72.6 cm³/mol. The van der Waals surface area contributed by atoms with Crippen molar-refractivity contribution >= 4 is 5.97 Å². The van der Waals surface area contributed by atoms with Gasteiger partial charge in [0, 0.05) is 0 Å². The van der Waals surface area contributed by atoms with Crippen LogP contribution in [0.3, 0.4) is 0 Å². The number of unbranched alkanes of at least 4 members (excludes halogenated alkanes) is 3. The second-order valence-corrected chi connectivity index (χ2v) is 4.59. The number of rotatable bonds is 9. The number of carboxylic acids is 1. The lowest BCUT2D eigenvalue weighted by Gasteiger charge is -2.10. The molecule has 1 N–H and O–H groups in total. The van der Waals surface area contributed by atoms with Gasteiger partial charge in [-0.3, -0.25) is 0 Å². The second kappa shape index (κ2) is 8.51. The van der Waals surface area contributed by atoms with Gasteiger partial charge in [-0.1, -0.05) is 32.6 Å². The van der Waals surface area contributed by atoms with E-state index in [1.165, 1.54) is 12.1 Å². The molecule has 0 saturated heterocycles. The molecular weight excluding hydrogens is 247 g/mol. The highest BCUT2D eigenvalue weighted by atomic mass is 19.1. The minimum absolute atomic E-state index is 0.0263. The van der Waals surface area contributed by atoms with Crippen molar-refractivity contribution in [3.05, 3.63) is 29.8 Å². The number of ether oxygens (including phenoxy) is 1. The van der Waals surface area contributed by atoms with Crippen molar-refractivity contribution < 1.29 is 19.0 Å². The molecular formula is C15H21FO3. The number of hydrogen-bond donors (Lipinski definition) is 1. The van der Waals surface area contributed by atoms with Crippen molar-refractivity contribution in [1.82, 2.24) is 0 Å². The zero-order valence-electron chi connectivity index (χ0n) is 11.3. The maximum Gasteiger partial charge on any atom is 0.335 e. The highest BCUT2D eigenvalue weighted by Crippen LogP contribution is 2.14. The fourth-order valence-electron chi connectivity index (χ4n) is 1.76. The number of benzene rings is 1. The van der Waals surface area contributed by atoms with E-state index in [-0.39, 0.29) is 12.2 Å². The van der Waals surface area contributed by atoms with E-state index in [2.05, 4.69) is 6.92 Å². The van der Waals surface area contributed by atoms with Crippen LogP contribution in [0.1, 0.15) is 49.4 Å². The maximum absolute atomic E-state index is 13.5. The Kier molecular flexibility index (Phi) is 6.93. The van der Waals surface area contributed by atoms with E-state index in [9.17, 15) is 9.18 Å². The topological polar surface area (TPSA) is 46.5 Å². The van der Waals surface area contributed by atoms with Gasteiger partial charge in [0.25, 0.3) is 0 Å². The minimum Gasteiger partial charge on any atom is -0.491 e. The zero-order chi connectivity index (χ0) is 14.1. The number of alkyl halides is 1. The van der Waals surface area contributed by atoms with Crippen LogP contribution in [0.15, 0.2) is 24.3 Å². The second-order valence-electron chi connectivity index (χ2n) is 4.59. The molecule has 1 aromatic rings. The number of hydrogen-bond acceptors (Lipinski definition) is 2. The van der Waals surface area contributed by atoms with Crippen molar-refractivity contribution in [2.45, 2.75) is 45.2 Å². The van der Waals surface area contributed by atoms with Crippen molar-refractivity contribution in [3.63, 3.8) is 0 Å². The van der Waals surface area contributed by atoms with E-state index < -0.39 is 12.1 Å². The Morgan fingerprint density at radius 3 is 2.53 bits per heavy atom. The van der Waals surface area contributed by atoms with Crippen LogP contribution in [0.4, 0.5) is 4.39 Å². The number of carboxylic acid groups (broad SMARTS) is 1. The summed E-state index contributed by atoms with van der Waals surface area (Å²) in [5.74, 6) is -0.480. The first kappa shape index (κ1) is 15.5. The smallest absolute Gasteiger partial charge is 0.335 e. The van der Waals surface area contributed by atoms with Gasteiger partial charge >= 0.3 is 5.97 Å². The molecule has 3 nitrogen and oxygen atoms in total. The lowest BCUT2D eigenvalue weighted by atomic mass is 10.1. The first-order valence-corrected chi connectivity index (χ1v) is 6.73. The molecule has 0 heterocycles. The molecule has 0 bridgehead atoms. The van der Waals surface area contributed by atoms with Gasteiger partial charge in [0.05, 0.1) is 5.56 Å². The van der Waals surface area contributed by atoms with E-state index >= 15 is 0 Å². The fourth-order valence-corrected chi connectivity index (χ4v) is 1.76. The molecule has 0 amide bonds. The molecule has 1 aromatic carbocycles. The third kappa shape index (κ3) is 6.22. The van der Waals surface area contributed by atoms with Crippen LogP contribution in [0, 0.1) is 0 Å². The average Bonchev–Trinajstić information content (AvgIpc) is 2.42. The lowest BCUT2D eigenvalue weighted by molar-refractivity contribution is 0.0697. The summed E-state index contributed by atoms with van der Waals surface area (Å²) in [4.78, 5) is 10.6. The van der Waals surface area contributed by atoms with Gasteiger partial charge in [-0.15, -0.1) is 0 Å². The van der Waals surface area contributed by atoms with Gasteiger partial charge in [-0.2, -0.15) is 0 Å². The van der Waals surface area contributed by atoms with Crippen molar-refractivity contribution in [2.75, 3.05) is 6.61 Å². The highest BCUT2D eigenvalue weighted by Gasteiger charge is 2.08. The van der Waals surface area contributed by atoms with Gasteiger partial charge in [-0.25, -0.2) is 9.18 Å². The van der Waals surface area contributed by atoms with E-state index in [1.807, 2.05) is 0 Å². The Balaban J connectivity index is 2.25. The fraction of sp³-hybridized carbons (Fsp3) is 0.533. The summed E-state index contributed by atoms with van der Waals surface area (Å²) >= 11 is 0. The molecule has 19 heavy (non-hydrogen) atoms. The maximum atomic E-state index is 13.5. The Hall–Kier alpha value is -1.58. The quantitative estimate of drug-likeness (QED) is 0.687. The van der Waals surface area contributed by atoms with Crippen molar-refractivity contribution in [1.29, 1.82) is 0 Å². The lowest BCUT2D eigenvalue weighted by Crippen LogP contribution is -2.12. The third-order valence-electron chi connectivity index (χ3n) is 2.90.